The maximum absolute atomic E-state index is 11.7. The number of amides is 1. The van der Waals surface area contributed by atoms with Crippen molar-refractivity contribution in [3.8, 4) is 0 Å². The molecule has 0 fully saturated rings. The smallest absolute Gasteiger partial charge is 0.285 e. The molecule has 0 aliphatic rings. The molecule has 6 nitrogen and oxygen atoms in total. The van der Waals surface area contributed by atoms with E-state index in [1.807, 2.05) is 6.92 Å². The van der Waals surface area contributed by atoms with E-state index in [0.29, 0.717) is 29.5 Å². The van der Waals surface area contributed by atoms with Crippen molar-refractivity contribution < 1.29 is 9.72 Å². The van der Waals surface area contributed by atoms with Crippen LogP contribution in [0.1, 0.15) is 19.8 Å². The lowest BCUT2D eigenvalue weighted by atomic mass is 10.1. The molecule has 1 rings (SSSR count). The second-order valence-electron chi connectivity index (χ2n) is 4.35. The van der Waals surface area contributed by atoms with E-state index < -0.39 is 4.92 Å². The predicted octanol–water partition coefficient (Wildman–Crippen LogP) is 2.67. The summed E-state index contributed by atoms with van der Waals surface area (Å²) in [6, 6.07) is 4.48. The average molecular weight is 330 g/mol. The van der Waals surface area contributed by atoms with Crippen LogP contribution in [0.4, 0.5) is 11.4 Å². The van der Waals surface area contributed by atoms with Crippen LogP contribution in [-0.2, 0) is 4.79 Å². The predicted molar refractivity (Wildman–Crippen MR) is 76.9 cm³/mol. The van der Waals surface area contributed by atoms with Gasteiger partial charge in [0, 0.05) is 18.2 Å². The second-order valence-corrected chi connectivity index (χ2v) is 5.21. The number of anilines is 1. The number of nitrogens with two attached hydrogens (primary N) is 1. The number of nitrogens with zero attached hydrogens (tertiary/aromatic N) is 1. The number of carbonyl (C=O) groups excluding carboxylic acids is 1. The van der Waals surface area contributed by atoms with Crippen molar-refractivity contribution in [1.82, 2.24) is 0 Å². The van der Waals surface area contributed by atoms with E-state index in [9.17, 15) is 14.9 Å². The number of rotatable bonds is 6. The highest BCUT2D eigenvalue weighted by Gasteiger charge is 2.13. The number of hydrogen-bond acceptors (Lipinski definition) is 4. The van der Waals surface area contributed by atoms with Crippen LogP contribution in [0.15, 0.2) is 22.7 Å². The molecule has 0 saturated carbocycles. The quantitative estimate of drug-likeness (QED) is 0.619. The fourth-order valence-electron chi connectivity index (χ4n) is 1.45. The van der Waals surface area contributed by atoms with Gasteiger partial charge in [0.05, 0.1) is 9.40 Å². The molecule has 1 aromatic rings. The van der Waals surface area contributed by atoms with Crippen molar-refractivity contribution in [1.29, 1.82) is 0 Å². The van der Waals surface area contributed by atoms with Gasteiger partial charge in [-0.2, -0.15) is 0 Å². The Hall–Kier alpha value is -1.47. The minimum absolute atomic E-state index is 0.0758. The third-order valence-electron chi connectivity index (χ3n) is 2.69. The molecule has 7 heteroatoms. The first-order valence-electron chi connectivity index (χ1n) is 5.88. The fraction of sp³-hybridized carbons (Fsp3) is 0.417. The number of carbonyl (C=O) groups is 1. The summed E-state index contributed by atoms with van der Waals surface area (Å²) in [5.41, 5.74) is 5.81. The van der Waals surface area contributed by atoms with Crippen LogP contribution in [-0.4, -0.2) is 17.4 Å². The van der Waals surface area contributed by atoms with Gasteiger partial charge in [-0.05, 0) is 46.9 Å². The Kier molecular flexibility index (Phi) is 5.91. The minimum Gasteiger partial charge on any atom is -0.330 e. The molecule has 0 aliphatic heterocycles. The molecule has 0 spiro atoms. The van der Waals surface area contributed by atoms with E-state index in [1.165, 1.54) is 12.1 Å². The van der Waals surface area contributed by atoms with Crippen LogP contribution in [0.3, 0.4) is 0 Å². The van der Waals surface area contributed by atoms with Crippen molar-refractivity contribution in [2.75, 3.05) is 11.9 Å². The van der Waals surface area contributed by atoms with Crippen LogP contribution in [0.2, 0.25) is 0 Å². The third kappa shape index (κ3) is 4.96. The Bertz CT molecular complexity index is 479. The van der Waals surface area contributed by atoms with Gasteiger partial charge in [0.2, 0.25) is 5.91 Å². The fourth-order valence-corrected chi connectivity index (χ4v) is 1.84. The Labute approximate surface area is 119 Å². The maximum atomic E-state index is 11.7. The highest BCUT2D eigenvalue weighted by molar-refractivity contribution is 9.10. The molecule has 19 heavy (non-hydrogen) atoms. The van der Waals surface area contributed by atoms with Crippen molar-refractivity contribution in [3.63, 3.8) is 0 Å². The molecule has 0 heterocycles. The molecule has 1 unspecified atom stereocenters. The summed E-state index contributed by atoms with van der Waals surface area (Å²) in [6.45, 7) is 2.51. The number of hydrogen-bond donors (Lipinski definition) is 2. The Morgan fingerprint density at radius 3 is 2.84 bits per heavy atom. The van der Waals surface area contributed by atoms with Gasteiger partial charge < -0.3 is 11.1 Å². The van der Waals surface area contributed by atoms with Crippen molar-refractivity contribution in [2.45, 2.75) is 19.8 Å². The topological polar surface area (TPSA) is 98.3 Å². The number of nitro benzene ring substituents is 1. The third-order valence-corrected chi connectivity index (χ3v) is 3.36. The summed E-state index contributed by atoms with van der Waals surface area (Å²) >= 11 is 3.09. The molecule has 1 aromatic carbocycles. The number of nitro groups is 1. The standard InChI is InChI=1S/C12H16BrN3O3/c1-8(7-14)2-5-12(17)15-9-3-4-10(13)11(6-9)16(18)19/h3-4,6,8H,2,5,7,14H2,1H3,(H,15,17). The summed E-state index contributed by atoms with van der Waals surface area (Å²) in [6.07, 6.45) is 1.04. The van der Waals surface area contributed by atoms with Crippen LogP contribution in [0.25, 0.3) is 0 Å². The first-order chi connectivity index (χ1) is 8.93. The molecule has 0 radical (unpaired) electrons. The molecular formula is C12H16BrN3O3. The molecule has 0 bridgehead atoms. The largest absolute Gasteiger partial charge is 0.330 e. The molecule has 1 atom stereocenters. The highest BCUT2D eigenvalue weighted by atomic mass is 79.9. The maximum Gasteiger partial charge on any atom is 0.285 e. The van der Waals surface area contributed by atoms with Gasteiger partial charge in [-0.15, -0.1) is 0 Å². The highest BCUT2D eigenvalue weighted by Crippen LogP contribution is 2.27. The summed E-state index contributed by atoms with van der Waals surface area (Å²) in [4.78, 5) is 21.9. The molecule has 3 N–H and O–H groups in total. The van der Waals surface area contributed by atoms with Crippen LogP contribution in [0.5, 0.6) is 0 Å². The SMILES string of the molecule is CC(CN)CCC(=O)Nc1ccc(Br)c([N+](=O)[O-])c1. The Morgan fingerprint density at radius 2 is 2.26 bits per heavy atom. The Morgan fingerprint density at radius 1 is 1.58 bits per heavy atom. The normalized spacial score (nSPS) is 11.9. The number of nitrogens with one attached hydrogen (secondary N) is 1. The van der Waals surface area contributed by atoms with Gasteiger partial charge >= 0.3 is 0 Å². The van der Waals surface area contributed by atoms with Gasteiger partial charge in [-0.3, -0.25) is 14.9 Å². The molecule has 1 amide bonds. The zero-order chi connectivity index (χ0) is 14.4. The first-order valence-corrected chi connectivity index (χ1v) is 6.67. The zero-order valence-electron chi connectivity index (χ0n) is 10.6. The monoisotopic (exact) mass is 329 g/mol. The number of halogens is 1. The first kappa shape index (κ1) is 15.6. The molecule has 0 aromatic heterocycles. The summed E-state index contributed by atoms with van der Waals surface area (Å²) in [7, 11) is 0. The summed E-state index contributed by atoms with van der Waals surface area (Å²) in [5.74, 6) is 0.113. The minimum atomic E-state index is -0.504. The molecule has 0 saturated heterocycles. The van der Waals surface area contributed by atoms with Gasteiger partial charge in [0.1, 0.15) is 0 Å². The van der Waals surface area contributed by atoms with Crippen LogP contribution in [0, 0.1) is 16.0 Å². The van der Waals surface area contributed by atoms with E-state index in [0.717, 1.165) is 0 Å². The number of benzene rings is 1. The van der Waals surface area contributed by atoms with Crippen molar-refractivity contribution in [2.24, 2.45) is 11.7 Å². The molecular weight excluding hydrogens is 314 g/mol. The molecule has 104 valence electrons. The van der Waals surface area contributed by atoms with Gasteiger partial charge in [-0.1, -0.05) is 6.92 Å². The van der Waals surface area contributed by atoms with E-state index in [4.69, 9.17) is 5.73 Å². The lowest BCUT2D eigenvalue weighted by Crippen LogP contribution is -2.16. The van der Waals surface area contributed by atoms with E-state index in [-0.39, 0.29) is 17.5 Å². The van der Waals surface area contributed by atoms with Crippen LogP contribution >= 0.6 is 15.9 Å². The molecule has 0 aliphatic carbocycles. The van der Waals surface area contributed by atoms with Crippen LogP contribution < -0.4 is 11.1 Å². The Balaban J connectivity index is 2.64. The van der Waals surface area contributed by atoms with Crippen molar-refractivity contribution in [3.05, 3.63) is 32.8 Å². The van der Waals surface area contributed by atoms with Gasteiger partial charge in [0.25, 0.3) is 5.69 Å². The lowest BCUT2D eigenvalue weighted by Gasteiger charge is -2.09. The van der Waals surface area contributed by atoms with Crippen molar-refractivity contribution >= 4 is 33.2 Å². The summed E-state index contributed by atoms with van der Waals surface area (Å²) < 4.78 is 0.382. The zero-order valence-corrected chi connectivity index (χ0v) is 12.1. The van der Waals surface area contributed by atoms with Gasteiger partial charge in [-0.25, -0.2) is 0 Å². The summed E-state index contributed by atoms with van der Waals surface area (Å²) in [5, 5.41) is 13.4. The van der Waals surface area contributed by atoms with E-state index >= 15 is 0 Å². The lowest BCUT2D eigenvalue weighted by molar-refractivity contribution is -0.385. The van der Waals surface area contributed by atoms with Gasteiger partial charge in [0.15, 0.2) is 0 Å². The average Bonchev–Trinajstić information content (AvgIpc) is 2.37. The van der Waals surface area contributed by atoms with E-state index in [2.05, 4.69) is 21.2 Å². The van der Waals surface area contributed by atoms with E-state index in [1.54, 1.807) is 6.07 Å². The second kappa shape index (κ2) is 7.20.